The predicted molar refractivity (Wildman–Crippen MR) is 77.7 cm³/mol. The third-order valence-electron chi connectivity index (χ3n) is 3.41. The molecule has 20 heavy (non-hydrogen) atoms. The van der Waals surface area contributed by atoms with Crippen LogP contribution in [0.4, 0.5) is 4.79 Å². The highest BCUT2D eigenvalue weighted by atomic mass is 16.4. The van der Waals surface area contributed by atoms with Gasteiger partial charge in [-0.15, -0.1) is 6.58 Å². The Balaban J connectivity index is 2.60. The second kappa shape index (κ2) is 7.89. The minimum absolute atomic E-state index is 0.0112. The molecule has 1 fully saturated rings. The highest BCUT2D eigenvalue weighted by molar-refractivity contribution is 5.75. The first-order valence-electron chi connectivity index (χ1n) is 7.06. The van der Waals surface area contributed by atoms with Gasteiger partial charge in [0.2, 0.25) is 0 Å². The van der Waals surface area contributed by atoms with Crippen molar-refractivity contribution in [2.75, 3.05) is 39.3 Å². The number of amides is 2. The summed E-state index contributed by atoms with van der Waals surface area (Å²) in [5.41, 5.74) is 0. The zero-order valence-corrected chi connectivity index (χ0v) is 12.4. The molecule has 2 amide bonds. The van der Waals surface area contributed by atoms with Crippen LogP contribution in [0.2, 0.25) is 0 Å². The monoisotopic (exact) mass is 283 g/mol. The van der Waals surface area contributed by atoms with Crippen molar-refractivity contribution < 1.29 is 14.7 Å². The highest BCUT2D eigenvalue weighted by Crippen LogP contribution is 2.09. The van der Waals surface area contributed by atoms with Gasteiger partial charge in [0.25, 0.3) is 0 Å². The number of carboxylic acid groups (broad SMARTS) is 1. The Morgan fingerprint density at radius 1 is 1.30 bits per heavy atom. The van der Waals surface area contributed by atoms with E-state index in [9.17, 15) is 9.59 Å². The van der Waals surface area contributed by atoms with Gasteiger partial charge in [-0.05, 0) is 20.3 Å². The van der Waals surface area contributed by atoms with E-state index in [1.54, 1.807) is 11.0 Å². The lowest BCUT2D eigenvalue weighted by atomic mass is 10.3. The Hall–Kier alpha value is -1.56. The molecule has 114 valence electrons. The average Bonchev–Trinajstić information content (AvgIpc) is 2.59. The van der Waals surface area contributed by atoms with Crippen molar-refractivity contribution in [2.24, 2.45) is 0 Å². The van der Waals surface area contributed by atoms with Crippen LogP contribution in [-0.2, 0) is 4.79 Å². The molecular formula is C14H25N3O3. The van der Waals surface area contributed by atoms with Gasteiger partial charge in [-0.25, -0.2) is 4.79 Å². The van der Waals surface area contributed by atoms with Crippen molar-refractivity contribution in [3.63, 3.8) is 0 Å². The van der Waals surface area contributed by atoms with E-state index >= 15 is 0 Å². The van der Waals surface area contributed by atoms with Crippen molar-refractivity contribution in [3.8, 4) is 0 Å². The standard InChI is InChI=1S/C14H25N3O3/c1-4-6-17(12(2)3)14(20)16-8-5-7-15(9-10-16)11-13(18)19/h4,12H,1,5-11H2,2-3H3,(H,18,19). The fraction of sp³-hybridized carbons (Fsp3) is 0.714. The maximum absolute atomic E-state index is 12.5. The van der Waals surface area contributed by atoms with E-state index in [-0.39, 0.29) is 18.6 Å². The summed E-state index contributed by atoms with van der Waals surface area (Å²) in [6.07, 6.45) is 2.53. The summed E-state index contributed by atoms with van der Waals surface area (Å²) in [7, 11) is 0. The molecule has 0 aromatic heterocycles. The Labute approximate surface area is 120 Å². The summed E-state index contributed by atoms with van der Waals surface area (Å²) in [6.45, 7) is 10.8. The summed E-state index contributed by atoms with van der Waals surface area (Å²) < 4.78 is 0. The van der Waals surface area contributed by atoms with Gasteiger partial charge in [-0.1, -0.05) is 6.08 Å². The SMILES string of the molecule is C=CCN(C(=O)N1CCCN(CC(=O)O)CC1)C(C)C. The zero-order valence-electron chi connectivity index (χ0n) is 12.4. The van der Waals surface area contributed by atoms with E-state index < -0.39 is 5.97 Å². The lowest BCUT2D eigenvalue weighted by Gasteiger charge is -2.32. The topological polar surface area (TPSA) is 64.1 Å². The van der Waals surface area contributed by atoms with Crippen LogP contribution >= 0.6 is 0 Å². The molecule has 1 aliphatic heterocycles. The molecule has 0 spiro atoms. The first-order valence-corrected chi connectivity index (χ1v) is 7.06. The van der Waals surface area contributed by atoms with E-state index in [0.29, 0.717) is 26.2 Å². The molecule has 0 aliphatic carbocycles. The summed E-state index contributed by atoms with van der Waals surface area (Å²) in [5.74, 6) is -0.819. The smallest absolute Gasteiger partial charge is 0.320 e. The van der Waals surface area contributed by atoms with Crippen molar-refractivity contribution in [1.82, 2.24) is 14.7 Å². The number of rotatable bonds is 5. The van der Waals surface area contributed by atoms with E-state index in [0.717, 1.165) is 13.0 Å². The molecule has 6 nitrogen and oxygen atoms in total. The van der Waals surface area contributed by atoms with Gasteiger partial charge in [-0.3, -0.25) is 9.69 Å². The quantitative estimate of drug-likeness (QED) is 0.767. The molecular weight excluding hydrogens is 258 g/mol. The lowest BCUT2D eigenvalue weighted by Crippen LogP contribution is -2.47. The van der Waals surface area contributed by atoms with Gasteiger partial charge in [-0.2, -0.15) is 0 Å². The molecule has 0 bridgehead atoms. The summed E-state index contributed by atoms with van der Waals surface area (Å²) in [6, 6.07) is 0.135. The Bertz CT molecular complexity index is 358. The fourth-order valence-corrected chi connectivity index (χ4v) is 2.34. The molecule has 0 radical (unpaired) electrons. The molecule has 1 saturated heterocycles. The van der Waals surface area contributed by atoms with Crippen LogP contribution in [-0.4, -0.2) is 77.1 Å². The van der Waals surface area contributed by atoms with Crippen LogP contribution in [0.3, 0.4) is 0 Å². The predicted octanol–water partition coefficient (Wildman–Crippen LogP) is 1.10. The lowest BCUT2D eigenvalue weighted by molar-refractivity contribution is -0.138. The number of carbonyl (C=O) groups is 2. The van der Waals surface area contributed by atoms with Gasteiger partial charge < -0.3 is 14.9 Å². The Kier molecular flexibility index (Phi) is 6.51. The maximum atomic E-state index is 12.5. The number of hydrogen-bond donors (Lipinski definition) is 1. The Morgan fingerprint density at radius 2 is 2.00 bits per heavy atom. The van der Waals surface area contributed by atoms with Crippen molar-refractivity contribution in [2.45, 2.75) is 26.3 Å². The number of carboxylic acids is 1. The Morgan fingerprint density at radius 3 is 2.55 bits per heavy atom. The van der Waals surface area contributed by atoms with Crippen LogP contribution in [0, 0.1) is 0 Å². The number of carbonyl (C=O) groups excluding carboxylic acids is 1. The second-order valence-corrected chi connectivity index (χ2v) is 5.33. The van der Waals surface area contributed by atoms with E-state index in [4.69, 9.17) is 5.11 Å². The maximum Gasteiger partial charge on any atom is 0.320 e. The number of aliphatic carboxylic acids is 1. The van der Waals surface area contributed by atoms with Gasteiger partial charge in [0.1, 0.15) is 0 Å². The summed E-state index contributed by atoms with van der Waals surface area (Å²) >= 11 is 0. The average molecular weight is 283 g/mol. The van der Waals surface area contributed by atoms with Crippen LogP contribution < -0.4 is 0 Å². The van der Waals surface area contributed by atoms with Crippen LogP contribution in [0.15, 0.2) is 12.7 Å². The molecule has 1 heterocycles. The fourth-order valence-electron chi connectivity index (χ4n) is 2.34. The van der Waals surface area contributed by atoms with Gasteiger partial charge >= 0.3 is 12.0 Å². The largest absolute Gasteiger partial charge is 0.480 e. The first-order chi connectivity index (χ1) is 9.45. The summed E-state index contributed by atoms with van der Waals surface area (Å²) in [5, 5.41) is 8.82. The van der Waals surface area contributed by atoms with Gasteiger partial charge in [0.15, 0.2) is 0 Å². The molecule has 1 aliphatic rings. The van der Waals surface area contributed by atoms with E-state index in [2.05, 4.69) is 6.58 Å². The molecule has 0 unspecified atom stereocenters. The molecule has 0 atom stereocenters. The summed E-state index contributed by atoms with van der Waals surface area (Å²) in [4.78, 5) is 28.7. The molecule has 0 saturated carbocycles. The number of nitrogens with zero attached hydrogens (tertiary/aromatic N) is 3. The molecule has 0 aromatic carbocycles. The second-order valence-electron chi connectivity index (χ2n) is 5.33. The molecule has 1 rings (SSSR count). The van der Waals surface area contributed by atoms with Crippen molar-refractivity contribution in [1.29, 1.82) is 0 Å². The minimum Gasteiger partial charge on any atom is -0.480 e. The van der Waals surface area contributed by atoms with Crippen molar-refractivity contribution in [3.05, 3.63) is 12.7 Å². The van der Waals surface area contributed by atoms with Gasteiger partial charge in [0.05, 0.1) is 6.54 Å². The molecule has 6 heteroatoms. The van der Waals surface area contributed by atoms with Crippen LogP contribution in [0.25, 0.3) is 0 Å². The van der Waals surface area contributed by atoms with Crippen LogP contribution in [0.5, 0.6) is 0 Å². The third-order valence-corrected chi connectivity index (χ3v) is 3.41. The first kappa shape index (κ1) is 16.5. The van der Waals surface area contributed by atoms with Crippen LogP contribution in [0.1, 0.15) is 20.3 Å². The number of urea groups is 1. The van der Waals surface area contributed by atoms with E-state index in [1.807, 2.05) is 23.6 Å². The highest BCUT2D eigenvalue weighted by Gasteiger charge is 2.25. The zero-order chi connectivity index (χ0) is 15.1. The van der Waals surface area contributed by atoms with E-state index in [1.165, 1.54) is 0 Å². The molecule has 1 N–H and O–H groups in total. The number of hydrogen-bond acceptors (Lipinski definition) is 3. The minimum atomic E-state index is -0.819. The third kappa shape index (κ3) is 4.85. The van der Waals surface area contributed by atoms with Crippen molar-refractivity contribution >= 4 is 12.0 Å². The normalized spacial score (nSPS) is 16.9. The van der Waals surface area contributed by atoms with Gasteiger partial charge in [0, 0.05) is 38.8 Å². The molecule has 0 aromatic rings.